The molecule has 0 unspecified atom stereocenters. The SMILES string of the molecule is CCNc1ccnc(CSc2ccc(F)c(F)c2)c1. The Morgan fingerprint density at radius 3 is 2.74 bits per heavy atom. The van der Waals surface area contributed by atoms with Crippen LogP contribution in [0.4, 0.5) is 14.5 Å². The van der Waals surface area contributed by atoms with E-state index in [0.717, 1.165) is 24.0 Å². The summed E-state index contributed by atoms with van der Waals surface area (Å²) in [4.78, 5) is 4.94. The molecule has 0 bridgehead atoms. The van der Waals surface area contributed by atoms with E-state index in [-0.39, 0.29) is 0 Å². The second-order valence-electron chi connectivity index (χ2n) is 3.93. The predicted octanol–water partition coefficient (Wildman–Crippen LogP) is 4.08. The zero-order valence-electron chi connectivity index (χ0n) is 10.5. The molecule has 2 nitrogen and oxygen atoms in total. The van der Waals surface area contributed by atoms with Gasteiger partial charge in [0.15, 0.2) is 11.6 Å². The minimum atomic E-state index is -0.823. The third-order valence-corrected chi connectivity index (χ3v) is 3.50. The molecule has 0 aliphatic carbocycles. The fourth-order valence-electron chi connectivity index (χ4n) is 1.60. The average Bonchev–Trinajstić information content (AvgIpc) is 2.41. The maximum atomic E-state index is 13.1. The van der Waals surface area contributed by atoms with Crippen molar-refractivity contribution in [2.24, 2.45) is 0 Å². The lowest BCUT2D eigenvalue weighted by molar-refractivity contribution is 0.506. The number of hydrogen-bond acceptors (Lipinski definition) is 3. The van der Waals surface area contributed by atoms with Gasteiger partial charge >= 0.3 is 0 Å². The number of hydrogen-bond donors (Lipinski definition) is 1. The molecule has 1 aromatic carbocycles. The highest BCUT2D eigenvalue weighted by molar-refractivity contribution is 7.98. The van der Waals surface area contributed by atoms with Crippen LogP contribution in [0, 0.1) is 11.6 Å². The van der Waals surface area contributed by atoms with Gasteiger partial charge in [0.25, 0.3) is 0 Å². The van der Waals surface area contributed by atoms with E-state index in [1.807, 2.05) is 19.1 Å². The van der Waals surface area contributed by atoms with E-state index < -0.39 is 11.6 Å². The molecule has 2 aromatic rings. The Hall–Kier alpha value is -1.62. The first kappa shape index (κ1) is 13.8. The Kier molecular flexibility index (Phi) is 4.74. The maximum Gasteiger partial charge on any atom is 0.159 e. The van der Waals surface area contributed by atoms with E-state index in [2.05, 4.69) is 10.3 Å². The van der Waals surface area contributed by atoms with Crippen molar-refractivity contribution in [1.82, 2.24) is 4.98 Å². The van der Waals surface area contributed by atoms with Crippen molar-refractivity contribution in [3.05, 3.63) is 53.9 Å². The summed E-state index contributed by atoms with van der Waals surface area (Å²) in [6.07, 6.45) is 1.74. The van der Waals surface area contributed by atoms with Gasteiger partial charge in [-0.3, -0.25) is 4.98 Å². The zero-order valence-corrected chi connectivity index (χ0v) is 11.3. The van der Waals surface area contributed by atoms with Crippen molar-refractivity contribution >= 4 is 17.4 Å². The largest absolute Gasteiger partial charge is 0.385 e. The minimum Gasteiger partial charge on any atom is -0.385 e. The Balaban J connectivity index is 2.01. The van der Waals surface area contributed by atoms with Gasteiger partial charge in [-0.2, -0.15) is 0 Å². The fraction of sp³-hybridized carbons (Fsp3) is 0.214. The van der Waals surface area contributed by atoms with Crippen LogP contribution in [-0.4, -0.2) is 11.5 Å². The number of aromatic nitrogens is 1. The average molecular weight is 280 g/mol. The van der Waals surface area contributed by atoms with Gasteiger partial charge in [0.05, 0.1) is 5.69 Å². The summed E-state index contributed by atoms with van der Waals surface area (Å²) in [5, 5.41) is 3.20. The van der Waals surface area contributed by atoms with Crippen LogP contribution in [0.1, 0.15) is 12.6 Å². The normalized spacial score (nSPS) is 10.5. The minimum absolute atomic E-state index is 0.615. The molecule has 0 radical (unpaired) electrons. The van der Waals surface area contributed by atoms with Crippen molar-refractivity contribution in [1.29, 1.82) is 0 Å². The monoisotopic (exact) mass is 280 g/mol. The fourth-order valence-corrected chi connectivity index (χ4v) is 2.42. The molecule has 0 spiro atoms. The van der Waals surface area contributed by atoms with Gasteiger partial charge in [-0.15, -0.1) is 11.8 Å². The second kappa shape index (κ2) is 6.52. The van der Waals surface area contributed by atoms with Crippen LogP contribution in [0.3, 0.4) is 0 Å². The zero-order chi connectivity index (χ0) is 13.7. The Labute approximate surface area is 115 Å². The standard InChI is InChI=1S/C14H14F2N2S/c1-2-17-10-5-6-18-11(7-10)9-19-12-3-4-13(15)14(16)8-12/h3-8H,2,9H2,1H3,(H,17,18). The molecule has 100 valence electrons. The molecule has 0 amide bonds. The molecular formula is C14H14F2N2S. The van der Waals surface area contributed by atoms with Gasteiger partial charge in [-0.05, 0) is 37.3 Å². The molecule has 0 saturated heterocycles. The van der Waals surface area contributed by atoms with Gasteiger partial charge in [-0.25, -0.2) is 8.78 Å². The van der Waals surface area contributed by atoms with Crippen LogP contribution in [0.15, 0.2) is 41.4 Å². The number of anilines is 1. The third kappa shape index (κ3) is 3.92. The smallest absolute Gasteiger partial charge is 0.159 e. The highest BCUT2D eigenvalue weighted by Gasteiger charge is 2.04. The number of nitrogens with one attached hydrogen (secondary N) is 1. The maximum absolute atomic E-state index is 13.1. The first-order valence-corrected chi connectivity index (χ1v) is 6.94. The van der Waals surface area contributed by atoms with Crippen LogP contribution in [0.5, 0.6) is 0 Å². The van der Waals surface area contributed by atoms with Gasteiger partial charge in [0, 0.05) is 29.1 Å². The topological polar surface area (TPSA) is 24.9 Å². The van der Waals surface area contributed by atoms with Gasteiger partial charge in [0.2, 0.25) is 0 Å². The lowest BCUT2D eigenvalue weighted by Gasteiger charge is -2.06. The van der Waals surface area contributed by atoms with Crippen LogP contribution in [-0.2, 0) is 5.75 Å². The van der Waals surface area contributed by atoms with E-state index in [1.165, 1.54) is 17.8 Å². The van der Waals surface area contributed by atoms with Crippen LogP contribution < -0.4 is 5.32 Å². The number of nitrogens with zero attached hydrogens (tertiary/aromatic N) is 1. The Bertz CT molecular complexity index is 561. The molecule has 1 heterocycles. The lowest BCUT2D eigenvalue weighted by atomic mass is 10.3. The van der Waals surface area contributed by atoms with E-state index in [4.69, 9.17) is 0 Å². The first-order valence-electron chi connectivity index (χ1n) is 5.95. The molecule has 5 heteroatoms. The van der Waals surface area contributed by atoms with Gasteiger partial charge in [0.1, 0.15) is 0 Å². The summed E-state index contributed by atoms with van der Waals surface area (Å²) < 4.78 is 25.9. The van der Waals surface area contributed by atoms with E-state index in [1.54, 1.807) is 12.3 Å². The summed E-state index contributed by atoms with van der Waals surface area (Å²) in [6, 6.07) is 7.76. The molecule has 2 rings (SSSR count). The number of benzene rings is 1. The summed E-state index contributed by atoms with van der Waals surface area (Å²) in [5.41, 5.74) is 1.91. The highest BCUT2D eigenvalue weighted by Crippen LogP contribution is 2.24. The summed E-state index contributed by atoms with van der Waals surface area (Å²) in [5.74, 6) is -1.03. The van der Waals surface area contributed by atoms with Crippen molar-refractivity contribution in [2.75, 3.05) is 11.9 Å². The van der Waals surface area contributed by atoms with Crippen molar-refractivity contribution in [3.8, 4) is 0 Å². The number of rotatable bonds is 5. The molecule has 0 aliphatic rings. The summed E-state index contributed by atoms with van der Waals surface area (Å²) >= 11 is 1.43. The lowest BCUT2D eigenvalue weighted by Crippen LogP contribution is -1.97. The molecule has 1 N–H and O–H groups in total. The van der Waals surface area contributed by atoms with Crippen molar-refractivity contribution in [3.63, 3.8) is 0 Å². The van der Waals surface area contributed by atoms with Crippen molar-refractivity contribution < 1.29 is 8.78 Å². The first-order chi connectivity index (χ1) is 9.19. The Morgan fingerprint density at radius 1 is 1.16 bits per heavy atom. The van der Waals surface area contributed by atoms with Crippen LogP contribution >= 0.6 is 11.8 Å². The van der Waals surface area contributed by atoms with Crippen LogP contribution in [0.2, 0.25) is 0 Å². The highest BCUT2D eigenvalue weighted by atomic mass is 32.2. The van der Waals surface area contributed by atoms with Crippen molar-refractivity contribution in [2.45, 2.75) is 17.6 Å². The predicted molar refractivity (Wildman–Crippen MR) is 74.3 cm³/mol. The van der Waals surface area contributed by atoms with E-state index in [0.29, 0.717) is 10.6 Å². The molecule has 0 atom stereocenters. The summed E-state index contributed by atoms with van der Waals surface area (Å²) in [6.45, 7) is 2.87. The number of pyridine rings is 1. The van der Waals surface area contributed by atoms with Gasteiger partial charge < -0.3 is 5.32 Å². The summed E-state index contributed by atoms with van der Waals surface area (Å²) in [7, 11) is 0. The molecule has 1 aromatic heterocycles. The van der Waals surface area contributed by atoms with E-state index in [9.17, 15) is 8.78 Å². The van der Waals surface area contributed by atoms with E-state index >= 15 is 0 Å². The third-order valence-electron chi connectivity index (χ3n) is 2.48. The quantitative estimate of drug-likeness (QED) is 0.835. The number of thioether (sulfide) groups is 1. The Morgan fingerprint density at radius 2 is 2.00 bits per heavy atom. The molecule has 0 fully saturated rings. The van der Waals surface area contributed by atoms with Gasteiger partial charge in [-0.1, -0.05) is 0 Å². The second-order valence-corrected chi connectivity index (χ2v) is 4.98. The van der Waals surface area contributed by atoms with Crippen LogP contribution in [0.25, 0.3) is 0 Å². The molecular weight excluding hydrogens is 266 g/mol. The number of halogens is 2. The molecule has 0 aliphatic heterocycles. The molecule has 0 saturated carbocycles. The molecule has 19 heavy (non-hydrogen) atoms.